The van der Waals surface area contributed by atoms with Crippen LogP contribution in [-0.4, -0.2) is 73.1 Å². The number of hydrogen-bond donors (Lipinski definition) is 2. The van der Waals surface area contributed by atoms with Crippen LogP contribution in [0.1, 0.15) is 41.4 Å². The molecule has 32 heavy (non-hydrogen) atoms. The number of rotatable bonds is 7. The van der Waals surface area contributed by atoms with E-state index in [2.05, 4.69) is 15.5 Å². The Morgan fingerprint density at radius 2 is 2.12 bits per heavy atom. The maximum Gasteiger partial charge on any atom is 0.237 e. The molecule has 1 saturated heterocycles. The standard InChI is InChI=1S/C24H34N6O2/c1-25-24-20-10-12-30(15-21(20)27-23(28-24)18-5-4-11-26-13-18)22(31)16-29(2)14-17-6-8-19(32-3)9-7-17/h6-9,18,26H,4-5,10-16H2,1-3H3,(H,25,27,28)/t18-/m1/s1. The van der Waals surface area contributed by atoms with E-state index >= 15 is 0 Å². The highest BCUT2D eigenvalue weighted by molar-refractivity contribution is 5.78. The maximum absolute atomic E-state index is 13.0. The first-order valence-electron chi connectivity index (χ1n) is 11.4. The quantitative estimate of drug-likeness (QED) is 0.684. The van der Waals surface area contributed by atoms with Crippen molar-refractivity contribution in [2.24, 2.45) is 0 Å². The summed E-state index contributed by atoms with van der Waals surface area (Å²) in [6.45, 7) is 4.32. The molecule has 4 rings (SSSR count). The Bertz CT molecular complexity index is 927. The molecule has 8 nitrogen and oxygen atoms in total. The van der Waals surface area contributed by atoms with Gasteiger partial charge in [0.25, 0.3) is 0 Å². The third-order valence-electron chi connectivity index (χ3n) is 6.35. The molecule has 172 valence electrons. The van der Waals surface area contributed by atoms with Crippen molar-refractivity contribution in [1.29, 1.82) is 0 Å². The Morgan fingerprint density at radius 3 is 2.81 bits per heavy atom. The van der Waals surface area contributed by atoms with Gasteiger partial charge in [0, 0.05) is 38.2 Å². The molecular weight excluding hydrogens is 404 g/mol. The van der Waals surface area contributed by atoms with Gasteiger partial charge in [0.05, 0.1) is 25.9 Å². The summed E-state index contributed by atoms with van der Waals surface area (Å²) in [5.74, 6) is 3.12. The number of methoxy groups -OCH3 is 1. The summed E-state index contributed by atoms with van der Waals surface area (Å²) in [4.78, 5) is 26.8. The van der Waals surface area contributed by atoms with E-state index in [1.54, 1.807) is 7.11 Å². The van der Waals surface area contributed by atoms with Gasteiger partial charge in [0.15, 0.2) is 0 Å². The number of ether oxygens (including phenoxy) is 1. The molecule has 0 bridgehead atoms. The van der Waals surface area contributed by atoms with Gasteiger partial charge in [-0.05, 0) is 50.6 Å². The number of fused-ring (bicyclic) bond motifs is 1. The van der Waals surface area contributed by atoms with E-state index in [1.807, 2.05) is 43.3 Å². The highest BCUT2D eigenvalue weighted by Gasteiger charge is 2.27. The van der Waals surface area contributed by atoms with Gasteiger partial charge in [-0.15, -0.1) is 0 Å². The Hall–Kier alpha value is -2.71. The van der Waals surface area contributed by atoms with Gasteiger partial charge in [-0.3, -0.25) is 9.69 Å². The maximum atomic E-state index is 13.0. The minimum absolute atomic E-state index is 0.136. The second-order valence-electron chi connectivity index (χ2n) is 8.73. The zero-order valence-corrected chi connectivity index (χ0v) is 19.4. The molecule has 0 spiro atoms. The van der Waals surface area contributed by atoms with E-state index < -0.39 is 0 Å². The molecule has 2 aliphatic heterocycles. The third-order valence-corrected chi connectivity index (χ3v) is 6.35. The number of nitrogens with one attached hydrogen (secondary N) is 2. The normalized spacial score (nSPS) is 18.4. The number of anilines is 1. The third kappa shape index (κ3) is 5.19. The predicted octanol–water partition coefficient (Wildman–Crippen LogP) is 2.01. The van der Waals surface area contributed by atoms with Gasteiger partial charge < -0.3 is 20.3 Å². The molecule has 0 saturated carbocycles. The number of amides is 1. The van der Waals surface area contributed by atoms with Crippen molar-refractivity contribution in [1.82, 2.24) is 25.1 Å². The molecule has 1 atom stereocenters. The summed E-state index contributed by atoms with van der Waals surface area (Å²) in [5.41, 5.74) is 3.29. The fraction of sp³-hybridized carbons (Fsp3) is 0.542. The second-order valence-corrected chi connectivity index (χ2v) is 8.73. The van der Waals surface area contributed by atoms with Crippen LogP contribution in [0.25, 0.3) is 0 Å². The van der Waals surface area contributed by atoms with Gasteiger partial charge in [-0.25, -0.2) is 9.97 Å². The summed E-state index contributed by atoms with van der Waals surface area (Å²) in [6, 6.07) is 7.97. The van der Waals surface area contributed by atoms with Crippen LogP contribution in [0.5, 0.6) is 5.75 Å². The lowest BCUT2D eigenvalue weighted by Crippen LogP contribution is -2.42. The van der Waals surface area contributed by atoms with Gasteiger partial charge in [-0.2, -0.15) is 0 Å². The molecule has 3 heterocycles. The first-order chi connectivity index (χ1) is 15.6. The number of benzene rings is 1. The van der Waals surface area contributed by atoms with Crippen LogP contribution in [0, 0.1) is 0 Å². The fourth-order valence-corrected chi connectivity index (χ4v) is 4.55. The van der Waals surface area contributed by atoms with Crippen molar-refractivity contribution in [3.63, 3.8) is 0 Å². The lowest BCUT2D eigenvalue weighted by Gasteiger charge is -2.31. The van der Waals surface area contributed by atoms with Gasteiger partial charge in [-0.1, -0.05) is 12.1 Å². The minimum atomic E-state index is 0.136. The zero-order chi connectivity index (χ0) is 22.5. The highest BCUT2D eigenvalue weighted by atomic mass is 16.5. The van der Waals surface area contributed by atoms with Crippen LogP contribution in [0.4, 0.5) is 5.82 Å². The van der Waals surface area contributed by atoms with Crippen LogP contribution in [-0.2, 0) is 24.3 Å². The van der Waals surface area contributed by atoms with Crippen molar-refractivity contribution >= 4 is 11.7 Å². The molecule has 1 amide bonds. The summed E-state index contributed by atoms with van der Waals surface area (Å²) in [7, 11) is 5.56. The lowest BCUT2D eigenvalue weighted by molar-refractivity contribution is -0.133. The van der Waals surface area contributed by atoms with Gasteiger partial charge in [0.2, 0.25) is 5.91 Å². The lowest BCUT2D eigenvalue weighted by atomic mass is 9.97. The van der Waals surface area contributed by atoms with Crippen molar-refractivity contribution in [2.45, 2.75) is 38.3 Å². The number of carbonyl (C=O) groups excluding carboxylic acids is 1. The largest absolute Gasteiger partial charge is 0.497 e. The van der Waals surface area contributed by atoms with Crippen LogP contribution in [0.15, 0.2) is 24.3 Å². The second kappa shape index (κ2) is 10.3. The molecule has 1 fully saturated rings. The molecule has 2 aliphatic rings. The summed E-state index contributed by atoms with van der Waals surface area (Å²) < 4.78 is 5.22. The van der Waals surface area contributed by atoms with Crippen molar-refractivity contribution < 1.29 is 9.53 Å². The molecule has 1 aromatic carbocycles. The van der Waals surface area contributed by atoms with Crippen molar-refractivity contribution in [3.8, 4) is 5.75 Å². The van der Waals surface area contributed by atoms with Gasteiger partial charge in [0.1, 0.15) is 17.4 Å². The Balaban J connectivity index is 1.41. The number of hydrogen-bond acceptors (Lipinski definition) is 7. The molecule has 0 unspecified atom stereocenters. The topological polar surface area (TPSA) is 82.6 Å². The average molecular weight is 439 g/mol. The first kappa shape index (κ1) is 22.5. The smallest absolute Gasteiger partial charge is 0.237 e. The summed E-state index contributed by atoms with van der Waals surface area (Å²) in [5, 5.41) is 6.70. The minimum Gasteiger partial charge on any atom is -0.497 e. The Labute approximate surface area is 190 Å². The van der Waals surface area contributed by atoms with E-state index in [9.17, 15) is 4.79 Å². The average Bonchev–Trinajstić information content (AvgIpc) is 2.83. The predicted molar refractivity (Wildman–Crippen MR) is 125 cm³/mol. The molecular formula is C24H34N6O2. The van der Waals surface area contributed by atoms with E-state index in [0.717, 1.165) is 66.6 Å². The van der Waals surface area contributed by atoms with Crippen LogP contribution < -0.4 is 15.4 Å². The van der Waals surface area contributed by atoms with E-state index in [4.69, 9.17) is 14.7 Å². The Morgan fingerprint density at radius 1 is 1.31 bits per heavy atom. The van der Waals surface area contributed by atoms with E-state index in [-0.39, 0.29) is 5.91 Å². The van der Waals surface area contributed by atoms with Gasteiger partial charge >= 0.3 is 0 Å². The fourth-order valence-electron chi connectivity index (χ4n) is 4.55. The monoisotopic (exact) mass is 438 g/mol. The summed E-state index contributed by atoms with van der Waals surface area (Å²) >= 11 is 0. The molecule has 0 aliphatic carbocycles. The molecule has 2 N–H and O–H groups in total. The van der Waals surface area contributed by atoms with E-state index in [1.165, 1.54) is 0 Å². The number of carbonyl (C=O) groups is 1. The van der Waals surface area contributed by atoms with Crippen molar-refractivity contribution in [3.05, 3.63) is 46.9 Å². The molecule has 0 radical (unpaired) electrons. The van der Waals surface area contributed by atoms with Crippen LogP contribution in [0.2, 0.25) is 0 Å². The van der Waals surface area contributed by atoms with Crippen LogP contribution in [0.3, 0.4) is 0 Å². The number of likely N-dealkylation sites (N-methyl/N-ethyl adjacent to an activating group) is 1. The summed E-state index contributed by atoms with van der Waals surface area (Å²) in [6.07, 6.45) is 3.03. The Kier molecular flexibility index (Phi) is 7.22. The number of aromatic nitrogens is 2. The van der Waals surface area contributed by atoms with Crippen molar-refractivity contribution in [2.75, 3.05) is 52.7 Å². The number of nitrogens with zero attached hydrogens (tertiary/aromatic N) is 4. The number of piperidine rings is 1. The molecule has 2 aromatic rings. The SMILES string of the molecule is CNc1nc([C@@H]2CCCNC2)nc2c1CCN(C(=O)CN(C)Cc1ccc(OC)cc1)C2. The zero-order valence-electron chi connectivity index (χ0n) is 19.4. The first-order valence-corrected chi connectivity index (χ1v) is 11.4. The highest BCUT2D eigenvalue weighted by Crippen LogP contribution is 2.28. The molecule has 1 aromatic heterocycles. The van der Waals surface area contributed by atoms with E-state index in [0.29, 0.717) is 32.1 Å². The molecule has 8 heteroatoms. The van der Waals surface area contributed by atoms with Crippen LogP contribution >= 0.6 is 0 Å².